The molecule has 1 aliphatic rings. The number of hydrogen-bond acceptors (Lipinski definition) is 6. The molecule has 0 bridgehead atoms. The lowest BCUT2D eigenvalue weighted by Gasteiger charge is -2.12. The molecule has 0 aromatic carbocycles. The Morgan fingerprint density at radius 3 is 2.72 bits per heavy atom. The van der Waals surface area contributed by atoms with Crippen LogP contribution in [0.2, 0.25) is 0 Å². The molecule has 1 amide bonds. The predicted octanol–water partition coefficient (Wildman–Crippen LogP) is 3.85. The van der Waals surface area contributed by atoms with E-state index in [1.165, 1.54) is 24.3 Å². The summed E-state index contributed by atoms with van der Waals surface area (Å²) in [5.74, 6) is -1.43. The molecule has 1 saturated carbocycles. The number of amides is 1. The molecule has 8 heteroatoms. The van der Waals surface area contributed by atoms with Gasteiger partial charge in [-0.3, -0.25) is 4.79 Å². The summed E-state index contributed by atoms with van der Waals surface area (Å²) in [5.41, 5.74) is 3.04. The van der Waals surface area contributed by atoms with Gasteiger partial charge in [0.05, 0.1) is 5.56 Å². The molecule has 2 heterocycles. The molecule has 1 aliphatic carbocycles. The zero-order valence-corrected chi connectivity index (χ0v) is 17.2. The first-order valence-electron chi connectivity index (χ1n) is 9.15. The second kappa shape index (κ2) is 8.34. The first-order valence-corrected chi connectivity index (χ1v) is 10.0. The van der Waals surface area contributed by atoms with Crippen molar-refractivity contribution < 1.29 is 14.3 Å². The number of ether oxygens (including phenoxy) is 1. The number of carbonyl (C=O) groups excluding carboxylic acids is 2. The van der Waals surface area contributed by atoms with Gasteiger partial charge in [0.2, 0.25) is 0 Å². The number of nitriles is 2. The Hall–Kier alpha value is -3.36. The summed E-state index contributed by atoms with van der Waals surface area (Å²) >= 11 is 1.20. The minimum Gasteiger partial charge on any atom is -0.448 e. The summed E-state index contributed by atoms with van der Waals surface area (Å²) < 4.78 is 7.39. The van der Waals surface area contributed by atoms with Gasteiger partial charge in [-0.05, 0) is 62.8 Å². The normalized spacial score (nSPS) is 14.6. The van der Waals surface area contributed by atoms with Gasteiger partial charge in [-0.2, -0.15) is 10.5 Å². The third kappa shape index (κ3) is 4.39. The Balaban J connectivity index is 1.70. The van der Waals surface area contributed by atoms with Crippen LogP contribution in [-0.4, -0.2) is 22.5 Å². The standard InChI is InChI=1S/C21H20N4O3S/c1-12-8-16(13(2)25(12)18-4-5-18)9-17(11-23)21(27)28-14(3)19(26)24-20-15(10-22)6-7-29-20/h6-9,14,18H,4-5H2,1-3H3,(H,24,26)/b17-9+/t14-/m1/s1. The number of aromatic nitrogens is 1. The topological polar surface area (TPSA) is 108 Å². The number of thiophene rings is 1. The highest BCUT2D eigenvalue weighted by Crippen LogP contribution is 2.38. The molecule has 2 aromatic rings. The van der Waals surface area contributed by atoms with Crippen LogP contribution in [0.4, 0.5) is 5.00 Å². The lowest BCUT2D eigenvalue weighted by atomic mass is 10.1. The molecule has 29 heavy (non-hydrogen) atoms. The fraction of sp³-hybridized carbons (Fsp3) is 0.333. The second-order valence-corrected chi connectivity index (χ2v) is 7.83. The quantitative estimate of drug-likeness (QED) is 0.444. The summed E-state index contributed by atoms with van der Waals surface area (Å²) in [6, 6.07) is 7.86. The fourth-order valence-electron chi connectivity index (χ4n) is 3.12. The third-order valence-corrected chi connectivity index (χ3v) is 5.58. The monoisotopic (exact) mass is 408 g/mol. The van der Waals surface area contributed by atoms with Gasteiger partial charge in [0.1, 0.15) is 22.7 Å². The zero-order valence-electron chi connectivity index (χ0n) is 16.4. The molecule has 3 rings (SSSR count). The van der Waals surface area contributed by atoms with Gasteiger partial charge < -0.3 is 14.6 Å². The van der Waals surface area contributed by atoms with Crippen molar-refractivity contribution in [1.82, 2.24) is 4.57 Å². The van der Waals surface area contributed by atoms with Gasteiger partial charge in [-0.25, -0.2) is 4.79 Å². The minimum absolute atomic E-state index is 0.172. The number of anilines is 1. The Morgan fingerprint density at radius 2 is 2.10 bits per heavy atom. The molecule has 7 nitrogen and oxygen atoms in total. The maximum absolute atomic E-state index is 12.4. The van der Waals surface area contributed by atoms with E-state index >= 15 is 0 Å². The van der Waals surface area contributed by atoms with Gasteiger partial charge in [0, 0.05) is 17.4 Å². The number of aryl methyl sites for hydroxylation is 1. The SMILES string of the molecule is Cc1cc(/C=C(\C#N)C(=O)O[C@H](C)C(=O)Nc2sccc2C#N)c(C)n1C1CC1. The van der Waals surface area contributed by atoms with E-state index in [4.69, 9.17) is 10.00 Å². The lowest BCUT2D eigenvalue weighted by Crippen LogP contribution is -2.30. The van der Waals surface area contributed by atoms with E-state index in [2.05, 4.69) is 9.88 Å². The number of nitrogens with one attached hydrogen (secondary N) is 1. The number of hydrogen-bond donors (Lipinski definition) is 1. The molecule has 0 spiro atoms. The van der Waals surface area contributed by atoms with Gasteiger partial charge in [-0.1, -0.05) is 0 Å². The van der Waals surface area contributed by atoms with E-state index in [0.29, 0.717) is 16.6 Å². The van der Waals surface area contributed by atoms with Gasteiger partial charge >= 0.3 is 5.97 Å². The van der Waals surface area contributed by atoms with Gasteiger partial charge in [0.25, 0.3) is 5.91 Å². The highest BCUT2D eigenvalue weighted by atomic mass is 32.1. The van der Waals surface area contributed by atoms with Crippen LogP contribution in [0.15, 0.2) is 23.1 Å². The van der Waals surface area contributed by atoms with E-state index in [9.17, 15) is 14.9 Å². The lowest BCUT2D eigenvalue weighted by molar-refractivity contribution is -0.148. The summed E-state index contributed by atoms with van der Waals surface area (Å²) in [4.78, 5) is 24.7. The van der Waals surface area contributed by atoms with E-state index in [0.717, 1.165) is 29.8 Å². The first-order chi connectivity index (χ1) is 13.8. The fourth-order valence-corrected chi connectivity index (χ4v) is 3.86. The average Bonchev–Trinajstić information content (AvgIpc) is 3.35. The maximum atomic E-state index is 12.4. The molecule has 1 fully saturated rings. The van der Waals surface area contributed by atoms with Crippen molar-refractivity contribution in [2.45, 2.75) is 45.8 Å². The van der Waals surface area contributed by atoms with Crippen molar-refractivity contribution in [2.75, 3.05) is 5.32 Å². The number of rotatable bonds is 6. The molecule has 0 unspecified atom stereocenters. The van der Waals surface area contributed by atoms with Crippen molar-refractivity contribution in [3.63, 3.8) is 0 Å². The molecule has 1 N–H and O–H groups in total. The van der Waals surface area contributed by atoms with Crippen LogP contribution in [0.1, 0.15) is 48.3 Å². The third-order valence-electron chi connectivity index (χ3n) is 4.75. The molecule has 0 aliphatic heterocycles. The largest absolute Gasteiger partial charge is 0.448 e. The summed E-state index contributed by atoms with van der Waals surface area (Å²) in [6.45, 7) is 5.38. The Kier molecular flexibility index (Phi) is 5.86. The van der Waals surface area contributed by atoms with E-state index in [1.807, 2.05) is 32.1 Å². The molecule has 0 saturated heterocycles. The Bertz CT molecular complexity index is 1080. The summed E-state index contributed by atoms with van der Waals surface area (Å²) in [6.07, 6.45) is 2.65. The van der Waals surface area contributed by atoms with Crippen molar-refractivity contribution in [3.8, 4) is 12.1 Å². The van der Waals surface area contributed by atoms with Crippen LogP contribution in [-0.2, 0) is 14.3 Å². The molecule has 0 radical (unpaired) electrons. The van der Waals surface area contributed by atoms with E-state index < -0.39 is 18.0 Å². The van der Waals surface area contributed by atoms with Crippen molar-refractivity contribution >= 4 is 34.3 Å². The van der Waals surface area contributed by atoms with Crippen molar-refractivity contribution in [1.29, 1.82) is 10.5 Å². The number of nitrogens with zero attached hydrogens (tertiary/aromatic N) is 3. The van der Waals surface area contributed by atoms with Gasteiger partial charge in [0.15, 0.2) is 6.10 Å². The predicted molar refractivity (Wildman–Crippen MR) is 109 cm³/mol. The van der Waals surface area contributed by atoms with Crippen molar-refractivity contribution in [3.05, 3.63) is 45.6 Å². The molecular weight excluding hydrogens is 388 g/mol. The average molecular weight is 408 g/mol. The molecule has 1 atom stereocenters. The zero-order chi connectivity index (χ0) is 21.1. The molecular formula is C21H20N4O3S. The van der Waals surface area contributed by atoms with Crippen LogP contribution in [0.25, 0.3) is 6.08 Å². The van der Waals surface area contributed by atoms with E-state index in [-0.39, 0.29) is 5.57 Å². The highest BCUT2D eigenvalue weighted by molar-refractivity contribution is 7.14. The van der Waals surface area contributed by atoms with Crippen LogP contribution in [0.5, 0.6) is 0 Å². The number of esters is 1. The van der Waals surface area contributed by atoms with E-state index in [1.54, 1.807) is 11.4 Å². The maximum Gasteiger partial charge on any atom is 0.349 e. The Morgan fingerprint density at radius 1 is 1.38 bits per heavy atom. The number of carbonyl (C=O) groups is 2. The van der Waals surface area contributed by atoms with Crippen LogP contribution in [0.3, 0.4) is 0 Å². The van der Waals surface area contributed by atoms with Gasteiger partial charge in [-0.15, -0.1) is 11.3 Å². The highest BCUT2D eigenvalue weighted by Gasteiger charge is 2.27. The Labute approximate surface area is 172 Å². The second-order valence-electron chi connectivity index (χ2n) is 6.91. The summed E-state index contributed by atoms with van der Waals surface area (Å²) in [7, 11) is 0. The minimum atomic E-state index is -1.12. The molecule has 2 aromatic heterocycles. The van der Waals surface area contributed by atoms with Crippen LogP contribution in [0, 0.1) is 36.5 Å². The van der Waals surface area contributed by atoms with Crippen LogP contribution < -0.4 is 5.32 Å². The van der Waals surface area contributed by atoms with Crippen molar-refractivity contribution in [2.24, 2.45) is 0 Å². The van der Waals surface area contributed by atoms with Crippen LogP contribution >= 0.6 is 11.3 Å². The summed E-state index contributed by atoms with van der Waals surface area (Å²) in [5, 5.41) is 23.1. The first kappa shape index (κ1) is 20.4. The smallest absolute Gasteiger partial charge is 0.349 e. The molecule has 148 valence electrons.